The second-order valence-electron chi connectivity index (χ2n) is 0.895. The molecule has 0 unspecified atom stereocenters. The lowest BCUT2D eigenvalue weighted by molar-refractivity contribution is 1.90. The molecule has 35 valence electrons. The van der Waals surface area contributed by atoms with E-state index in [-0.39, 0.29) is 0 Å². The van der Waals surface area contributed by atoms with E-state index >= 15 is 0 Å². The molecule has 0 heteroatoms. The van der Waals surface area contributed by atoms with Crippen molar-refractivity contribution in [2.45, 2.75) is 0 Å². The molecule has 0 heterocycles. The Morgan fingerprint density at radius 1 is 1.14 bits per heavy atom. The summed E-state index contributed by atoms with van der Waals surface area (Å²) in [6.07, 6.45) is 4.85. The standard InChI is InChI=1S/C7H7/c1-3-5-7-6-4-2/h3-5H,1-2H2. The minimum absolute atomic E-state index is 1.54. The molecule has 0 aliphatic rings. The van der Waals surface area contributed by atoms with Crippen LogP contribution in [0.25, 0.3) is 0 Å². The van der Waals surface area contributed by atoms with Crippen LogP contribution in [0.2, 0.25) is 0 Å². The zero-order valence-electron chi connectivity index (χ0n) is 4.15. The third kappa shape index (κ3) is 5.04. The number of allylic oxidation sites excluding steroid dienone is 2. The fraction of sp³-hybridized carbons (Fsp3) is 0. The van der Waals surface area contributed by atoms with Gasteiger partial charge in [-0.1, -0.05) is 24.5 Å². The smallest absolute Gasteiger partial charge is 0.0556 e. The van der Waals surface area contributed by atoms with Gasteiger partial charge in [0.25, 0.3) is 0 Å². The highest BCUT2D eigenvalue weighted by Gasteiger charge is 1.58. The van der Waals surface area contributed by atoms with Crippen LogP contribution in [0.1, 0.15) is 0 Å². The fourth-order valence-corrected chi connectivity index (χ4v) is 0.166. The quantitative estimate of drug-likeness (QED) is 0.430. The summed E-state index contributed by atoms with van der Waals surface area (Å²) in [6, 6.07) is 0. The first kappa shape index (κ1) is 6.04. The maximum absolute atomic E-state index is 3.44. The van der Waals surface area contributed by atoms with Crippen molar-refractivity contribution in [1.29, 1.82) is 0 Å². The largest absolute Gasteiger partial charge is 0.102 e. The summed E-state index contributed by atoms with van der Waals surface area (Å²) in [4.78, 5) is 0. The summed E-state index contributed by atoms with van der Waals surface area (Å²) in [5.74, 6) is 5.31. The molecule has 0 saturated heterocycles. The summed E-state index contributed by atoms with van der Waals surface area (Å²) in [5, 5.41) is 0. The number of rotatable bonds is 1. The van der Waals surface area contributed by atoms with Crippen LogP contribution >= 0.6 is 0 Å². The van der Waals surface area contributed by atoms with Gasteiger partial charge in [0.05, 0.1) is 6.42 Å². The molecule has 0 aromatic rings. The molecular formula is C7H7. The molecule has 0 amide bonds. The van der Waals surface area contributed by atoms with Crippen LogP contribution in [0, 0.1) is 18.3 Å². The average Bonchev–Trinajstić information content (AvgIpc) is 1.69. The van der Waals surface area contributed by atoms with Crippen molar-refractivity contribution in [3.05, 3.63) is 31.7 Å². The second-order valence-corrected chi connectivity index (χ2v) is 0.895. The molecule has 0 nitrogen and oxygen atoms in total. The van der Waals surface area contributed by atoms with Crippen LogP contribution in [-0.2, 0) is 0 Å². The number of hydrogen-bond acceptors (Lipinski definition) is 0. The monoisotopic (exact) mass is 91.1 g/mol. The molecule has 0 saturated carbocycles. The van der Waals surface area contributed by atoms with Crippen molar-refractivity contribution in [3.8, 4) is 11.8 Å². The van der Waals surface area contributed by atoms with Crippen molar-refractivity contribution in [1.82, 2.24) is 0 Å². The molecule has 0 spiro atoms. The Bertz CT molecular complexity index is 110. The van der Waals surface area contributed by atoms with E-state index in [4.69, 9.17) is 0 Å². The zero-order valence-corrected chi connectivity index (χ0v) is 4.15. The molecule has 0 rings (SSSR count). The molecule has 7 heavy (non-hydrogen) atoms. The van der Waals surface area contributed by atoms with Crippen molar-refractivity contribution >= 4 is 0 Å². The molecule has 0 aliphatic heterocycles. The maximum atomic E-state index is 3.44. The third-order valence-corrected chi connectivity index (χ3v) is 0.387. The van der Waals surface area contributed by atoms with Crippen LogP contribution in [-0.4, -0.2) is 0 Å². The SMILES string of the molecule is C=CC#C[CH]C=C. The van der Waals surface area contributed by atoms with Gasteiger partial charge in [-0.25, -0.2) is 0 Å². The van der Waals surface area contributed by atoms with Gasteiger partial charge in [-0.15, -0.1) is 6.58 Å². The molecule has 0 N–H and O–H groups in total. The van der Waals surface area contributed by atoms with E-state index < -0.39 is 0 Å². The van der Waals surface area contributed by atoms with E-state index in [1.54, 1.807) is 18.6 Å². The van der Waals surface area contributed by atoms with Crippen molar-refractivity contribution < 1.29 is 0 Å². The fourth-order valence-electron chi connectivity index (χ4n) is 0.166. The van der Waals surface area contributed by atoms with Gasteiger partial charge in [0.1, 0.15) is 0 Å². The highest BCUT2D eigenvalue weighted by molar-refractivity contribution is 5.22. The minimum atomic E-state index is 1.54. The van der Waals surface area contributed by atoms with Gasteiger partial charge in [0, 0.05) is 0 Å². The number of hydrogen-bond donors (Lipinski definition) is 0. The van der Waals surface area contributed by atoms with Gasteiger partial charge in [-0.3, -0.25) is 0 Å². The lowest BCUT2D eigenvalue weighted by Crippen LogP contribution is -1.53. The van der Waals surface area contributed by atoms with Crippen molar-refractivity contribution in [3.63, 3.8) is 0 Å². The second kappa shape index (κ2) is 5.04. The van der Waals surface area contributed by atoms with E-state index in [0.29, 0.717) is 0 Å². The normalized spacial score (nSPS) is 5.71. The van der Waals surface area contributed by atoms with Gasteiger partial charge in [-0.2, -0.15) is 0 Å². The van der Waals surface area contributed by atoms with Gasteiger partial charge in [-0.05, 0) is 6.08 Å². The van der Waals surface area contributed by atoms with E-state index in [0.717, 1.165) is 0 Å². The van der Waals surface area contributed by atoms with Gasteiger partial charge in [0.15, 0.2) is 0 Å². The predicted octanol–water partition coefficient (Wildman–Crippen LogP) is 1.57. The molecule has 0 aromatic heterocycles. The van der Waals surface area contributed by atoms with Gasteiger partial charge < -0.3 is 0 Å². The molecule has 1 radical (unpaired) electrons. The van der Waals surface area contributed by atoms with Crippen LogP contribution in [0.4, 0.5) is 0 Å². The Balaban J connectivity index is 3.24. The lowest BCUT2D eigenvalue weighted by Gasteiger charge is -1.64. The van der Waals surface area contributed by atoms with E-state index in [2.05, 4.69) is 25.0 Å². The Kier molecular flexibility index (Phi) is 4.35. The molecular weight excluding hydrogens is 84.1 g/mol. The van der Waals surface area contributed by atoms with E-state index in [1.807, 2.05) is 0 Å². The zero-order chi connectivity index (χ0) is 5.54. The molecule has 0 aliphatic carbocycles. The first-order valence-corrected chi connectivity index (χ1v) is 1.98. The Morgan fingerprint density at radius 3 is 2.29 bits per heavy atom. The van der Waals surface area contributed by atoms with Crippen molar-refractivity contribution in [2.75, 3.05) is 0 Å². The summed E-state index contributed by atoms with van der Waals surface area (Å²) in [7, 11) is 0. The Morgan fingerprint density at radius 2 is 1.86 bits per heavy atom. The average molecular weight is 91.1 g/mol. The van der Waals surface area contributed by atoms with Crippen LogP contribution in [0.15, 0.2) is 25.3 Å². The summed E-state index contributed by atoms with van der Waals surface area (Å²) >= 11 is 0. The van der Waals surface area contributed by atoms with Gasteiger partial charge >= 0.3 is 0 Å². The maximum Gasteiger partial charge on any atom is 0.0556 e. The van der Waals surface area contributed by atoms with E-state index in [9.17, 15) is 0 Å². The molecule has 0 fully saturated rings. The summed E-state index contributed by atoms with van der Waals surface area (Å²) < 4.78 is 0. The predicted molar refractivity (Wildman–Crippen MR) is 32.5 cm³/mol. The minimum Gasteiger partial charge on any atom is -0.102 e. The summed E-state index contributed by atoms with van der Waals surface area (Å²) in [5.41, 5.74) is 0. The molecule has 0 aromatic carbocycles. The van der Waals surface area contributed by atoms with Crippen LogP contribution in [0.5, 0.6) is 0 Å². The summed E-state index contributed by atoms with van der Waals surface area (Å²) in [6.45, 7) is 6.84. The highest BCUT2D eigenvalue weighted by Crippen LogP contribution is 1.69. The highest BCUT2D eigenvalue weighted by atomic mass is 13.6. The van der Waals surface area contributed by atoms with Crippen molar-refractivity contribution in [2.24, 2.45) is 0 Å². The molecule has 0 atom stereocenters. The first-order chi connectivity index (χ1) is 3.41. The Labute approximate surface area is 44.5 Å². The van der Waals surface area contributed by atoms with Crippen LogP contribution < -0.4 is 0 Å². The topological polar surface area (TPSA) is 0 Å². The third-order valence-electron chi connectivity index (χ3n) is 0.387. The van der Waals surface area contributed by atoms with Gasteiger partial charge in [0.2, 0.25) is 0 Å². The first-order valence-electron chi connectivity index (χ1n) is 1.98. The lowest BCUT2D eigenvalue weighted by atomic mass is 10.4. The Hall–Kier alpha value is -0.960. The van der Waals surface area contributed by atoms with Crippen LogP contribution in [0.3, 0.4) is 0 Å². The van der Waals surface area contributed by atoms with E-state index in [1.165, 1.54) is 0 Å². The molecule has 0 bridgehead atoms.